The fraction of sp³-hybridized carbons (Fsp3) is 0.158. The van der Waals surface area contributed by atoms with Crippen LogP contribution >= 0.6 is 11.6 Å². The maximum Gasteiger partial charge on any atom is 0.263 e. The molecule has 0 fully saturated rings. The zero-order valence-electron chi connectivity index (χ0n) is 14.0. The van der Waals surface area contributed by atoms with E-state index < -0.39 is 0 Å². The molecule has 1 heterocycles. The number of anilines is 2. The van der Waals surface area contributed by atoms with Crippen molar-refractivity contribution >= 4 is 39.8 Å². The van der Waals surface area contributed by atoms with Crippen LogP contribution in [0.2, 0.25) is 5.02 Å². The van der Waals surface area contributed by atoms with Crippen LogP contribution in [0.1, 0.15) is 0 Å². The lowest BCUT2D eigenvalue weighted by molar-refractivity contribution is -0.118. The fourth-order valence-corrected chi connectivity index (χ4v) is 2.64. The number of ether oxygens (including phenoxy) is 1. The van der Waals surface area contributed by atoms with Gasteiger partial charge in [-0.25, -0.2) is 4.98 Å². The van der Waals surface area contributed by atoms with Crippen molar-refractivity contribution in [1.29, 1.82) is 0 Å². The molecule has 0 spiro atoms. The van der Waals surface area contributed by atoms with Crippen LogP contribution in [-0.4, -0.2) is 31.6 Å². The lowest BCUT2D eigenvalue weighted by Crippen LogP contribution is -2.21. The molecule has 3 aromatic rings. The fourth-order valence-electron chi connectivity index (χ4n) is 2.41. The molecule has 2 aromatic carbocycles. The van der Waals surface area contributed by atoms with E-state index in [1.54, 1.807) is 24.4 Å². The molecule has 6 heteroatoms. The smallest absolute Gasteiger partial charge is 0.263 e. The van der Waals surface area contributed by atoms with E-state index in [1.807, 2.05) is 49.3 Å². The van der Waals surface area contributed by atoms with Gasteiger partial charge in [-0.15, -0.1) is 0 Å². The van der Waals surface area contributed by atoms with Gasteiger partial charge < -0.3 is 15.0 Å². The Morgan fingerprint density at radius 1 is 1.12 bits per heavy atom. The largest absolute Gasteiger partial charge is 0.483 e. The van der Waals surface area contributed by atoms with Crippen molar-refractivity contribution in [2.45, 2.75) is 0 Å². The molecule has 5 nitrogen and oxygen atoms in total. The molecule has 0 saturated carbocycles. The number of fused-ring (bicyclic) bond motifs is 1. The van der Waals surface area contributed by atoms with Crippen LogP contribution in [-0.2, 0) is 4.79 Å². The summed E-state index contributed by atoms with van der Waals surface area (Å²) < 4.78 is 5.66. The summed E-state index contributed by atoms with van der Waals surface area (Å²) in [6.07, 6.45) is 1.70. The summed E-state index contributed by atoms with van der Waals surface area (Å²) in [4.78, 5) is 18.2. The first-order chi connectivity index (χ1) is 12.0. The number of carbonyl (C=O) groups excluding carboxylic acids is 1. The van der Waals surface area contributed by atoms with Crippen molar-refractivity contribution in [3.05, 3.63) is 59.8 Å². The summed E-state index contributed by atoms with van der Waals surface area (Å²) in [7, 11) is 3.86. The third-order valence-corrected chi connectivity index (χ3v) is 4.05. The molecule has 0 atom stereocenters. The van der Waals surface area contributed by atoms with E-state index >= 15 is 0 Å². The first kappa shape index (κ1) is 17.0. The Labute approximate surface area is 151 Å². The van der Waals surface area contributed by atoms with Crippen LogP contribution < -0.4 is 15.0 Å². The van der Waals surface area contributed by atoms with Crippen LogP contribution in [0.5, 0.6) is 5.75 Å². The number of nitrogens with one attached hydrogen (secondary N) is 1. The lowest BCUT2D eigenvalue weighted by Gasteiger charge is -2.13. The van der Waals surface area contributed by atoms with Gasteiger partial charge in [-0.2, -0.15) is 0 Å². The van der Waals surface area contributed by atoms with Gasteiger partial charge in [0.1, 0.15) is 11.6 Å². The monoisotopic (exact) mass is 355 g/mol. The molecule has 0 unspecified atom stereocenters. The molecular formula is C19H18ClN3O2. The van der Waals surface area contributed by atoms with Crippen LogP contribution in [0, 0.1) is 0 Å². The molecule has 0 aliphatic rings. The van der Waals surface area contributed by atoms with E-state index in [2.05, 4.69) is 10.3 Å². The second kappa shape index (κ2) is 7.40. The minimum atomic E-state index is -0.274. The quantitative estimate of drug-likeness (QED) is 0.752. The third-order valence-electron chi connectivity index (χ3n) is 3.72. The molecule has 25 heavy (non-hydrogen) atoms. The lowest BCUT2D eigenvalue weighted by atomic mass is 10.1. The second-order valence-electron chi connectivity index (χ2n) is 5.72. The predicted molar refractivity (Wildman–Crippen MR) is 102 cm³/mol. The molecule has 0 aliphatic carbocycles. The van der Waals surface area contributed by atoms with Gasteiger partial charge >= 0.3 is 0 Å². The van der Waals surface area contributed by atoms with Crippen molar-refractivity contribution < 1.29 is 9.53 Å². The van der Waals surface area contributed by atoms with Gasteiger partial charge in [0.05, 0.1) is 11.9 Å². The summed E-state index contributed by atoms with van der Waals surface area (Å²) in [5.41, 5.74) is 0.960. The van der Waals surface area contributed by atoms with E-state index in [4.69, 9.17) is 16.3 Å². The Balaban J connectivity index is 1.66. The normalized spacial score (nSPS) is 10.5. The summed E-state index contributed by atoms with van der Waals surface area (Å²) >= 11 is 6.19. The molecule has 128 valence electrons. The number of nitrogens with zero attached hydrogens (tertiary/aromatic N) is 2. The number of hydrogen-bond acceptors (Lipinski definition) is 4. The van der Waals surface area contributed by atoms with Crippen LogP contribution in [0.3, 0.4) is 0 Å². The Bertz CT molecular complexity index is 895. The third kappa shape index (κ3) is 4.00. The highest BCUT2D eigenvalue weighted by atomic mass is 35.5. The molecular weight excluding hydrogens is 338 g/mol. The number of amides is 1. The van der Waals surface area contributed by atoms with E-state index in [0.717, 1.165) is 16.5 Å². The van der Waals surface area contributed by atoms with Crippen LogP contribution in [0.25, 0.3) is 10.8 Å². The van der Waals surface area contributed by atoms with Crippen molar-refractivity contribution in [3.63, 3.8) is 0 Å². The molecule has 1 aromatic heterocycles. The summed E-state index contributed by atoms with van der Waals surface area (Å²) in [6, 6.07) is 14.8. The number of hydrogen-bond donors (Lipinski definition) is 1. The molecule has 1 amide bonds. The molecule has 1 N–H and O–H groups in total. The van der Waals surface area contributed by atoms with Gasteiger partial charge in [0.15, 0.2) is 6.61 Å². The number of halogens is 1. The van der Waals surface area contributed by atoms with Gasteiger partial charge in [0.2, 0.25) is 0 Å². The maximum absolute atomic E-state index is 12.1. The summed E-state index contributed by atoms with van der Waals surface area (Å²) in [6.45, 7) is -0.108. The minimum Gasteiger partial charge on any atom is -0.483 e. The number of aromatic nitrogens is 1. The van der Waals surface area contributed by atoms with E-state index in [-0.39, 0.29) is 12.5 Å². The van der Waals surface area contributed by atoms with Gasteiger partial charge in [-0.1, -0.05) is 35.9 Å². The van der Waals surface area contributed by atoms with Gasteiger partial charge in [-0.05, 0) is 24.3 Å². The molecule has 0 bridgehead atoms. The number of pyridine rings is 1. The second-order valence-corrected chi connectivity index (χ2v) is 6.13. The molecule has 0 aliphatic heterocycles. The highest BCUT2D eigenvalue weighted by molar-refractivity contribution is 6.35. The first-order valence-electron chi connectivity index (χ1n) is 7.78. The average molecular weight is 356 g/mol. The van der Waals surface area contributed by atoms with E-state index in [9.17, 15) is 4.79 Å². The highest BCUT2D eigenvalue weighted by Crippen LogP contribution is 2.31. The van der Waals surface area contributed by atoms with Gasteiger partial charge in [-0.3, -0.25) is 4.79 Å². The molecule has 3 rings (SSSR count). The van der Waals surface area contributed by atoms with Crippen molar-refractivity contribution in [1.82, 2.24) is 4.98 Å². The number of benzene rings is 2. The minimum absolute atomic E-state index is 0.108. The Morgan fingerprint density at radius 3 is 2.56 bits per heavy atom. The van der Waals surface area contributed by atoms with Crippen LogP contribution in [0.15, 0.2) is 54.7 Å². The Kier molecular flexibility index (Phi) is 5.05. The van der Waals surface area contributed by atoms with Gasteiger partial charge in [0.25, 0.3) is 5.91 Å². The standard InChI is InChI=1S/C19H18ClN3O2/c1-23(2)13-7-10-18(21-11-13)22-19(24)12-25-17-9-8-16(20)14-5-3-4-6-15(14)17/h3-11H,12H2,1-2H3,(H,21,22,24). The van der Waals surface area contributed by atoms with Crippen molar-refractivity contribution in [2.24, 2.45) is 0 Å². The SMILES string of the molecule is CN(C)c1ccc(NC(=O)COc2ccc(Cl)c3ccccc23)nc1. The Hall–Kier alpha value is -2.79. The molecule has 0 radical (unpaired) electrons. The molecule has 0 saturated heterocycles. The summed E-state index contributed by atoms with van der Waals surface area (Å²) in [5.74, 6) is 0.829. The topological polar surface area (TPSA) is 54.5 Å². The predicted octanol–water partition coefficient (Wildman–Crippen LogP) is 3.97. The van der Waals surface area contributed by atoms with E-state index in [0.29, 0.717) is 16.6 Å². The van der Waals surface area contributed by atoms with E-state index in [1.165, 1.54) is 0 Å². The van der Waals surface area contributed by atoms with Crippen molar-refractivity contribution in [2.75, 3.05) is 30.9 Å². The first-order valence-corrected chi connectivity index (χ1v) is 8.15. The Morgan fingerprint density at radius 2 is 1.88 bits per heavy atom. The average Bonchev–Trinajstić information content (AvgIpc) is 2.62. The number of carbonyl (C=O) groups is 1. The highest BCUT2D eigenvalue weighted by Gasteiger charge is 2.09. The van der Waals surface area contributed by atoms with Crippen molar-refractivity contribution in [3.8, 4) is 5.75 Å². The van der Waals surface area contributed by atoms with Crippen LogP contribution in [0.4, 0.5) is 11.5 Å². The zero-order chi connectivity index (χ0) is 17.8. The zero-order valence-corrected chi connectivity index (χ0v) is 14.7. The summed E-state index contributed by atoms with van der Waals surface area (Å²) in [5, 5.41) is 5.13. The van der Waals surface area contributed by atoms with Gasteiger partial charge in [0, 0.05) is 29.9 Å². The maximum atomic E-state index is 12.1. The number of rotatable bonds is 5.